The Morgan fingerprint density at radius 1 is 1.07 bits per heavy atom. The predicted octanol–water partition coefficient (Wildman–Crippen LogP) is 5.93. The summed E-state index contributed by atoms with van der Waals surface area (Å²) in [6.45, 7) is 4.14. The number of thioether (sulfide) groups is 1. The van der Waals surface area contributed by atoms with Gasteiger partial charge in [-0.1, -0.05) is 61.2 Å². The zero-order valence-corrected chi connectivity index (χ0v) is 18.9. The highest BCUT2D eigenvalue weighted by Gasteiger charge is 2.18. The van der Waals surface area contributed by atoms with E-state index >= 15 is 0 Å². The first kappa shape index (κ1) is 20.6. The normalized spacial score (nSPS) is 12.1. The van der Waals surface area contributed by atoms with Crippen LogP contribution in [0.4, 0.5) is 0 Å². The Hall–Kier alpha value is -2.64. The summed E-state index contributed by atoms with van der Waals surface area (Å²) in [4.78, 5) is 4.75. The number of nitrogens with zero attached hydrogens (tertiary/aromatic N) is 4. The van der Waals surface area contributed by atoms with E-state index in [9.17, 15) is 0 Å². The fourth-order valence-electron chi connectivity index (χ4n) is 3.09. The van der Waals surface area contributed by atoms with Crippen LogP contribution in [0, 0.1) is 0 Å². The van der Waals surface area contributed by atoms with Crippen molar-refractivity contribution < 1.29 is 4.74 Å². The van der Waals surface area contributed by atoms with Crippen molar-refractivity contribution in [3.8, 4) is 16.3 Å². The van der Waals surface area contributed by atoms with E-state index in [0.717, 1.165) is 45.2 Å². The highest BCUT2D eigenvalue weighted by Crippen LogP contribution is 2.28. The van der Waals surface area contributed by atoms with Crippen molar-refractivity contribution in [3.05, 3.63) is 77.1 Å². The van der Waals surface area contributed by atoms with Crippen molar-refractivity contribution in [2.24, 2.45) is 7.05 Å². The van der Waals surface area contributed by atoms with E-state index in [4.69, 9.17) is 9.72 Å². The van der Waals surface area contributed by atoms with Crippen LogP contribution in [0.25, 0.3) is 10.6 Å². The number of ether oxygens (including phenoxy) is 1. The fourth-order valence-corrected chi connectivity index (χ4v) is 4.83. The van der Waals surface area contributed by atoms with Gasteiger partial charge in [0.05, 0.1) is 5.69 Å². The average Bonchev–Trinajstić information content (AvgIpc) is 3.40. The maximum absolute atomic E-state index is 6.07. The van der Waals surface area contributed by atoms with Crippen LogP contribution in [0.5, 0.6) is 5.75 Å². The molecule has 1 atom stereocenters. The first-order valence-electron chi connectivity index (χ1n) is 9.91. The lowest BCUT2D eigenvalue weighted by Gasteiger charge is -2.14. The molecule has 154 valence electrons. The van der Waals surface area contributed by atoms with Crippen molar-refractivity contribution in [1.29, 1.82) is 0 Å². The second-order valence-electron chi connectivity index (χ2n) is 6.96. The number of hydrogen-bond donors (Lipinski definition) is 0. The summed E-state index contributed by atoms with van der Waals surface area (Å²) in [5.74, 6) is 2.40. The number of benzene rings is 2. The minimum absolute atomic E-state index is 0.187. The summed E-state index contributed by atoms with van der Waals surface area (Å²) in [7, 11) is 1.98. The number of aryl methyl sites for hydroxylation is 1. The minimum Gasteiger partial charge on any atom is -0.483 e. The second-order valence-corrected chi connectivity index (χ2v) is 8.76. The van der Waals surface area contributed by atoms with Gasteiger partial charge in [0.1, 0.15) is 10.8 Å². The van der Waals surface area contributed by atoms with E-state index < -0.39 is 0 Å². The molecule has 0 saturated heterocycles. The van der Waals surface area contributed by atoms with Crippen molar-refractivity contribution in [1.82, 2.24) is 19.7 Å². The van der Waals surface area contributed by atoms with Gasteiger partial charge in [0.25, 0.3) is 0 Å². The largest absolute Gasteiger partial charge is 0.483 e. The standard InChI is InChI=1S/C23H24N4OS2/c1-4-17-10-12-20(13-11-17)28-16(2)21-25-26-23(27(21)3)30-15-19-14-29-22(24-19)18-8-6-5-7-9-18/h5-14,16H,4,15H2,1-3H3. The summed E-state index contributed by atoms with van der Waals surface area (Å²) in [5.41, 5.74) is 3.50. The van der Waals surface area contributed by atoms with Crippen molar-refractivity contribution in [2.45, 2.75) is 37.3 Å². The van der Waals surface area contributed by atoms with E-state index in [1.165, 1.54) is 5.56 Å². The van der Waals surface area contributed by atoms with Crippen LogP contribution in [0.1, 0.15) is 37.0 Å². The smallest absolute Gasteiger partial charge is 0.191 e. The van der Waals surface area contributed by atoms with Gasteiger partial charge in [-0.2, -0.15) is 0 Å². The van der Waals surface area contributed by atoms with E-state index in [0.29, 0.717) is 0 Å². The lowest BCUT2D eigenvalue weighted by Crippen LogP contribution is -2.10. The summed E-state index contributed by atoms with van der Waals surface area (Å²) in [6, 6.07) is 18.5. The van der Waals surface area contributed by atoms with Gasteiger partial charge < -0.3 is 9.30 Å². The third-order valence-electron chi connectivity index (χ3n) is 4.80. The highest BCUT2D eigenvalue weighted by atomic mass is 32.2. The van der Waals surface area contributed by atoms with Gasteiger partial charge in [0.15, 0.2) is 17.1 Å². The van der Waals surface area contributed by atoms with Crippen molar-refractivity contribution >= 4 is 23.1 Å². The number of rotatable bonds is 8. The fraction of sp³-hybridized carbons (Fsp3) is 0.261. The quantitative estimate of drug-likeness (QED) is 0.320. The summed E-state index contributed by atoms with van der Waals surface area (Å²) < 4.78 is 8.07. The van der Waals surface area contributed by atoms with Gasteiger partial charge >= 0.3 is 0 Å². The molecule has 0 N–H and O–H groups in total. The van der Waals surface area contributed by atoms with Crippen molar-refractivity contribution in [3.63, 3.8) is 0 Å². The van der Waals surface area contributed by atoms with E-state index in [1.807, 2.05) is 48.9 Å². The Morgan fingerprint density at radius 3 is 2.57 bits per heavy atom. The maximum atomic E-state index is 6.07. The molecule has 0 aliphatic heterocycles. The van der Waals surface area contributed by atoms with Crippen LogP contribution >= 0.6 is 23.1 Å². The molecular weight excluding hydrogens is 412 g/mol. The molecule has 0 saturated carbocycles. The molecule has 0 fully saturated rings. The maximum Gasteiger partial charge on any atom is 0.191 e. The first-order chi connectivity index (χ1) is 14.6. The first-order valence-corrected chi connectivity index (χ1v) is 11.8. The van der Waals surface area contributed by atoms with Crippen LogP contribution in [-0.2, 0) is 19.2 Å². The molecule has 2 aromatic heterocycles. The molecule has 0 spiro atoms. The monoisotopic (exact) mass is 436 g/mol. The van der Waals surface area contributed by atoms with Gasteiger partial charge in [0.2, 0.25) is 0 Å². The predicted molar refractivity (Wildman–Crippen MR) is 123 cm³/mol. The Balaban J connectivity index is 1.39. The van der Waals surface area contributed by atoms with Crippen LogP contribution < -0.4 is 4.74 Å². The molecule has 7 heteroatoms. The molecule has 2 aromatic carbocycles. The molecule has 5 nitrogen and oxygen atoms in total. The third-order valence-corrected chi connectivity index (χ3v) is 6.79. The summed E-state index contributed by atoms with van der Waals surface area (Å²) in [6.07, 6.45) is 0.833. The highest BCUT2D eigenvalue weighted by molar-refractivity contribution is 7.98. The van der Waals surface area contributed by atoms with E-state index in [-0.39, 0.29) is 6.10 Å². The van der Waals surface area contributed by atoms with Gasteiger partial charge in [-0.3, -0.25) is 0 Å². The minimum atomic E-state index is -0.187. The van der Waals surface area contributed by atoms with Crippen molar-refractivity contribution in [2.75, 3.05) is 0 Å². The zero-order valence-electron chi connectivity index (χ0n) is 17.3. The Kier molecular flexibility index (Phi) is 6.50. The Morgan fingerprint density at radius 2 is 1.83 bits per heavy atom. The van der Waals surface area contributed by atoms with Gasteiger partial charge in [-0.25, -0.2) is 4.98 Å². The number of aromatic nitrogens is 4. The molecule has 0 aliphatic rings. The van der Waals surface area contributed by atoms with Gasteiger partial charge in [0, 0.05) is 23.7 Å². The van der Waals surface area contributed by atoms with Gasteiger partial charge in [-0.05, 0) is 31.0 Å². The molecule has 0 amide bonds. The molecule has 0 radical (unpaired) electrons. The Labute approximate surface area is 185 Å². The molecule has 2 heterocycles. The molecular formula is C23H24N4OS2. The van der Waals surface area contributed by atoms with Crippen LogP contribution in [0.2, 0.25) is 0 Å². The molecule has 0 bridgehead atoms. The van der Waals surface area contributed by atoms with Gasteiger partial charge in [-0.15, -0.1) is 21.5 Å². The van der Waals surface area contributed by atoms with E-state index in [2.05, 4.69) is 46.8 Å². The molecule has 4 rings (SSSR count). The zero-order chi connectivity index (χ0) is 20.9. The van der Waals surface area contributed by atoms with Crippen LogP contribution in [0.15, 0.2) is 65.1 Å². The Bertz CT molecular complexity index is 1090. The second kappa shape index (κ2) is 9.45. The molecule has 0 aliphatic carbocycles. The summed E-state index contributed by atoms with van der Waals surface area (Å²) in [5, 5.41) is 12.7. The molecule has 4 aromatic rings. The lowest BCUT2D eigenvalue weighted by atomic mass is 10.2. The lowest BCUT2D eigenvalue weighted by molar-refractivity contribution is 0.211. The number of thiazole rings is 1. The number of hydrogen-bond acceptors (Lipinski definition) is 6. The average molecular weight is 437 g/mol. The van der Waals surface area contributed by atoms with Crippen LogP contribution in [0.3, 0.4) is 0 Å². The topological polar surface area (TPSA) is 52.8 Å². The molecule has 1 unspecified atom stereocenters. The van der Waals surface area contributed by atoms with E-state index in [1.54, 1.807) is 23.1 Å². The summed E-state index contributed by atoms with van der Waals surface area (Å²) >= 11 is 3.30. The van der Waals surface area contributed by atoms with Crippen LogP contribution in [-0.4, -0.2) is 19.7 Å². The third kappa shape index (κ3) is 4.74. The molecule has 30 heavy (non-hydrogen) atoms. The SMILES string of the molecule is CCc1ccc(OC(C)c2nnc(SCc3csc(-c4ccccc4)n3)n2C)cc1.